The number of rotatable bonds is 5. The van der Waals surface area contributed by atoms with Crippen molar-refractivity contribution in [2.45, 2.75) is 57.5 Å². The second-order valence-corrected chi connectivity index (χ2v) is 6.60. The SMILES string of the molecule is CCC(C)CN(C)C1CC(c2ccccc2)CCC1N. The van der Waals surface area contributed by atoms with Gasteiger partial charge in [0, 0.05) is 18.6 Å². The smallest absolute Gasteiger partial charge is 0.0250 e. The lowest BCUT2D eigenvalue weighted by Crippen LogP contribution is -2.50. The van der Waals surface area contributed by atoms with Gasteiger partial charge in [0.1, 0.15) is 0 Å². The second kappa shape index (κ2) is 7.24. The predicted molar refractivity (Wildman–Crippen MR) is 86.9 cm³/mol. The highest BCUT2D eigenvalue weighted by atomic mass is 15.1. The van der Waals surface area contributed by atoms with Gasteiger partial charge in [0.2, 0.25) is 0 Å². The van der Waals surface area contributed by atoms with Gasteiger partial charge in [-0.2, -0.15) is 0 Å². The average Bonchev–Trinajstić information content (AvgIpc) is 2.48. The molecule has 20 heavy (non-hydrogen) atoms. The maximum atomic E-state index is 6.40. The fourth-order valence-corrected chi connectivity index (χ4v) is 3.46. The van der Waals surface area contributed by atoms with E-state index >= 15 is 0 Å². The van der Waals surface area contributed by atoms with Crippen molar-refractivity contribution in [3.8, 4) is 0 Å². The molecule has 1 saturated carbocycles. The fourth-order valence-electron chi connectivity index (χ4n) is 3.46. The molecule has 2 heteroatoms. The monoisotopic (exact) mass is 274 g/mol. The molecule has 1 aliphatic carbocycles. The standard InChI is InChI=1S/C18H30N2/c1-4-14(2)13-20(3)18-12-16(10-11-17(18)19)15-8-6-5-7-9-15/h5-9,14,16-18H,4,10-13,19H2,1-3H3. The Labute approximate surface area is 124 Å². The molecular weight excluding hydrogens is 244 g/mol. The lowest BCUT2D eigenvalue weighted by molar-refractivity contribution is 0.140. The van der Waals surface area contributed by atoms with Crippen molar-refractivity contribution in [3.63, 3.8) is 0 Å². The molecule has 4 atom stereocenters. The third-order valence-corrected chi connectivity index (χ3v) is 5.00. The van der Waals surface area contributed by atoms with Crippen molar-refractivity contribution in [1.82, 2.24) is 4.90 Å². The van der Waals surface area contributed by atoms with Crippen molar-refractivity contribution in [2.75, 3.05) is 13.6 Å². The number of hydrogen-bond donors (Lipinski definition) is 1. The summed E-state index contributed by atoms with van der Waals surface area (Å²) < 4.78 is 0. The van der Waals surface area contributed by atoms with Crippen LogP contribution in [0.3, 0.4) is 0 Å². The molecule has 0 spiro atoms. The van der Waals surface area contributed by atoms with Crippen LogP contribution in [0, 0.1) is 5.92 Å². The van der Waals surface area contributed by atoms with Crippen LogP contribution in [0.15, 0.2) is 30.3 Å². The van der Waals surface area contributed by atoms with Crippen molar-refractivity contribution >= 4 is 0 Å². The first-order valence-corrected chi connectivity index (χ1v) is 8.12. The third-order valence-electron chi connectivity index (χ3n) is 5.00. The Balaban J connectivity index is 2.01. The summed E-state index contributed by atoms with van der Waals surface area (Å²) in [5.41, 5.74) is 7.88. The molecule has 0 aromatic heterocycles. The van der Waals surface area contributed by atoms with Crippen LogP contribution in [0.25, 0.3) is 0 Å². The van der Waals surface area contributed by atoms with Gasteiger partial charge in [0.05, 0.1) is 0 Å². The molecule has 0 radical (unpaired) electrons. The molecule has 2 rings (SSSR count). The zero-order valence-corrected chi connectivity index (χ0v) is 13.3. The summed E-state index contributed by atoms with van der Waals surface area (Å²) >= 11 is 0. The number of benzene rings is 1. The van der Waals surface area contributed by atoms with Crippen LogP contribution in [-0.2, 0) is 0 Å². The molecule has 1 aromatic carbocycles. The Hall–Kier alpha value is -0.860. The second-order valence-electron chi connectivity index (χ2n) is 6.60. The summed E-state index contributed by atoms with van der Waals surface area (Å²) in [7, 11) is 2.25. The van der Waals surface area contributed by atoms with E-state index in [1.54, 1.807) is 0 Å². The maximum absolute atomic E-state index is 6.40. The molecule has 1 fully saturated rings. The average molecular weight is 274 g/mol. The van der Waals surface area contributed by atoms with Gasteiger partial charge in [-0.25, -0.2) is 0 Å². The van der Waals surface area contributed by atoms with E-state index in [1.165, 1.54) is 24.8 Å². The minimum atomic E-state index is 0.337. The van der Waals surface area contributed by atoms with Gasteiger partial charge in [-0.1, -0.05) is 50.6 Å². The van der Waals surface area contributed by atoms with E-state index in [4.69, 9.17) is 5.73 Å². The van der Waals surface area contributed by atoms with Crippen LogP contribution in [-0.4, -0.2) is 30.6 Å². The highest BCUT2D eigenvalue weighted by molar-refractivity contribution is 5.20. The summed E-state index contributed by atoms with van der Waals surface area (Å²) in [5.74, 6) is 1.43. The molecule has 0 heterocycles. The van der Waals surface area contributed by atoms with Gasteiger partial charge in [-0.05, 0) is 43.7 Å². The number of nitrogens with two attached hydrogens (primary N) is 1. The Morgan fingerprint density at radius 3 is 2.60 bits per heavy atom. The van der Waals surface area contributed by atoms with Crippen LogP contribution in [0.4, 0.5) is 0 Å². The minimum Gasteiger partial charge on any atom is -0.326 e. The molecular formula is C18H30N2. The highest BCUT2D eigenvalue weighted by Crippen LogP contribution is 2.34. The van der Waals surface area contributed by atoms with Crippen LogP contribution < -0.4 is 5.73 Å². The number of likely N-dealkylation sites (N-methyl/N-ethyl adjacent to an activating group) is 1. The number of nitrogens with zero attached hydrogens (tertiary/aromatic N) is 1. The van der Waals surface area contributed by atoms with Gasteiger partial charge < -0.3 is 10.6 Å². The van der Waals surface area contributed by atoms with E-state index in [-0.39, 0.29) is 0 Å². The van der Waals surface area contributed by atoms with Crippen LogP contribution in [0.2, 0.25) is 0 Å². The van der Waals surface area contributed by atoms with E-state index in [0.29, 0.717) is 18.0 Å². The number of hydrogen-bond acceptors (Lipinski definition) is 2. The highest BCUT2D eigenvalue weighted by Gasteiger charge is 2.31. The predicted octanol–water partition coefficient (Wildman–Crippen LogP) is 3.63. The molecule has 2 N–H and O–H groups in total. The molecule has 4 unspecified atom stereocenters. The first-order chi connectivity index (χ1) is 9.61. The minimum absolute atomic E-state index is 0.337. The van der Waals surface area contributed by atoms with Crippen LogP contribution in [0.5, 0.6) is 0 Å². The molecule has 0 amide bonds. The lowest BCUT2D eigenvalue weighted by atomic mass is 9.78. The van der Waals surface area contributed by atoms with Gasteiger partial charge in [0.25, 0.3) is 0 Å². The zero-order valence-electron chi connectivity index (χ0n) is 13.3. The van der Waals surface area contributed by atoms with Crippen LogP contribution in [0.1, 0.15) is 51.0 Å². The molecule has 0 aliphatic heterocycles. The summed E-state index contributed by atoms with van der Waals surface area (Å²) in [4.78, 5) is 2.51. The summed E-state index contributed by atoms with van der Waals surface area (Å²) in [5, 5.41) is 0. The van der Waals surface area contributed by atoms with E-state index in [0.717, 1.165) is 18.9 Å². The quantitative estimate of drug-likeness (QED) is 0.888. The lowest BCUT2D eigenvalue weighted by Gasteiger charge is -2.40. The molecule has 0 bridgehead atoms. The molecule has 1 aromatic rings. The van der Waals surface area contributed by atoms with Gasteiger partial charge in [-0.3, -0.25) is 0 Å². The first-order valence-electron chi connectivity index (χ1n) is 8.12. The maximum Gasteiger partial charge on any atom is 0.0250 e. The Morgan fingerprint density at radius 1 is 1.25 bits per heavy atom. The third kappa shape index (κ3) is 3.83. The van der Waals surface area contributed by atoms with Crippen molar-refractivity contribution in [1.29, 1.82) is 0 Å². The molecule has 112 valence electrons. The summed E-state index contributed by atoms with van der Waals surface area (Å²) in [6, 6.07) is 11.8. The van der Waals surface area contributed by atoms with Crippen molar-refractivity contribution < 1.29 is 0 Å². The Morgan fingerprint density at radius 2 is 1.95 bits per heavy atom. The van der Waals surface area contributed by atoms with Crippen molar-refractivity contribution in [3.05, 3.63) is 35.9 Å². The molecule has 0 saturated heterocycles. The van der Waals surface area contributed by atoms with E-state index < -0.39 is 0 Å². The molecule has 1 aliphatic rings. The Bertz CT molecular complexity index is 390. The van der Waals surface area contributed by atoms with Gasteiger partial charge in [0.15, 0.2) is 0 Å². The first kappa shape index (κ1) is 15.5. The molecule has 2 nitrogen and oxygen atoms in total. The Kier molecular flexibility index (Phi) is 5.62. The summed E-state index contributed by atoms with van der Waals surface area (Å²) in [6.45, 7) is 5.77. The normalized spacial score (nSPS) is 28.6. The van der Waals surface area contributed by atoms with Gasteiger partial charge in [-0.15, -0.1) is 0 Å². The van der Waals surface area contributed by atoms with E-state index in [2.05, 4.69) is 56.1 Å². The fraction of sp³-hybridized carbons (Fsp3) is 0.667. The topological polar surface area (TPSA) is 29.3 Å². The largest absolute Gasteiger partial charge is 0.326 e. The van der Waals surface area contributed by atoms with Crippen molar-refractivity contribution in [2.24, 2.45) is 11.7 Å². The van der Waals surface area contributed by atoms with Crippen LogP contribution >= 0.6 is 0 Å². The van der Waals surface area contributed by atoms with E-state index in [9.17, 15) is 0 Å². The van der Waals surface area contributed by atoms with E-state index in [1.807, 2.05) is 0 Å². The zero-order chi connectivity index (χ0) is 14.5. The van der Waals surface area contributed by atoms with Gasteiger partial charge >= 0.3 is 0 Å². The summed E-state index contributed by atoms with van der Waals surface area (Å²) in [6.07, 6.45) is 4.83.